The highest BCUT2D eigenvalue weighted by molar-refractivity contribution is 5.77. The number of aliphatic hydroxyl groups is 4. The van der Waals surface area contributed by atoms with Crippen LogP contribution in [0, 0.1) is 50.7 Å². The Morgan fingerprint density at radius 3 is 2.14 bits per heavy atom. The number of aliphatic carboxylic acids is 1. The average molecular weight is 505 g/mol. The molecule has 0 aromatic carbocycles. The van der Waals surface area contributed by atoms with Gasteiger partial charge in [-0.1, -0.05) is 53.2 Å². The lowest BCUT2D eigenvalue weighted by Gasteiger charge is -2.72. The van der Waals surface area contributed by atoms with E-state index in [1.165, 1.54) is 0 Å². The molecule has 0 saturated heterocycles. The average Bonchev–Trinajstić information content (AvgIpc) is 2.79. The van der Waals surface area contributed by atoms with Crippen LogP contribution in [0.25, 0.3) is 0 Å². The van der Waals surface area contributed by atoms with Crippen molar-refractivity contribution < 1.29 is 30.3 Å². The number of hydrogen-bond donors (Lipinski definition) is 5. The topological polar surface area (TPSA) is 118 Å². The van der Waals surface area contributed by atoms with Gasteiger partial charge in [-0.05, 0) is 85.9 Å². The third-order valence-electron chi connectivity index (χ3n) is 13.6. The van der Waals surface area contributed by atoms with Crippen molar-refractivity contribution in [3.8, 4) is 0 Å². The van der Waals surface area contributed by atoms with Gasteiger partial charge in [0.15, 0.2) is 0 Å². The zero-order valence-corrected chi connectivity index (χ0v) is 23.2. The second kappa shape index (κ2) is 7.58. The fourth-order valence-electron chi connectivity index (χ4n) is 10.9. The number of carboxylic acids is 1. The van der Waals surface area contributed by atoms with Gasteiger partial charge < -0.3 is 25.5 Å². The quantitative estimate of drug-likeness (QED) is 0.343. The number of fused-ring (bicyclic) bond motifs is 7. The summed E-state index contributed by atoms with van der Waals surface area (Å²) >= 11 is 0. The maximum absolute atomic E-state index is 12.8. The van der Waals surface area contributed by atoms with E-state index in [0.717, 1.165) is 24.8 Å². The van der Waals surface area contributed by atoms with E-state index in [1.54, 1.807) is 0 Å². The minimum atomic E-state index is -1.20. The van der Waals surface area contributed by atoms with Crippen molar-refractivity contribution in [3.05, 3.63) is 11.6 Å². The summed E-state index contributed by atoms with van der Waals surface area (Å²) in [6.07, 6.45) is 4.02. The maximum atomic E-state index is 12.8. The van der Waals surface area contributed by atoms with E-state index < -0.39 is 52.0 Å². The molecule has 204 valence electrons. The highest BCUT2D eigenvalue weighted by atomic mass is 16.4. The van der Waals surface area contributed by atoms with Crippen LogP contribution in [0.1, 0.15) is 93.4 Å². The highest BCUT2D eigenvalue weighted by Crippen LogP contribution is 2.76. The van der Waals surface area contributed by atoms with Crippen molar-refractivity contribution in [3.63, 3.8) is 0 Å². The minimum absolute atomic E-state index is 0.00890. The molecule has 5 aliphatic rings. The highest BCUT2D eigenvalue weighted by Gasteiger charge is 2.73. The van der Waals surface area contributed by atoms with Crippen molar-refractivity contribution in [2.75, 3.05) is 0 Å². The van der Waals surface area contributed by atoms with Crippen molar-refractivity contribution in [1.82, 2.24) is 0 Å². The summed E-state index contributed by atoms with van der Waals surface area (Å²) < 4.78 is 0. The molecule has 0 heterocycles. The second-order valence-corrected chi connectivity index (χ2v) is 14.9. The van der Waals surface area contributed by atoms with Crippen LogP contribution in [0.2, 0.25) is 0 Å². The third kappa shape index (κ3) is 2.80. The number of allylic oxidation sites excluding steroid dienone is 1. The Morgan fingerprint density at radius 1 is 0.889 bits per heavy atom. The van der Waals surface area contributed by atoms with Crippen molar-refractivity contribution in [2.24, 2.45) is 50.7 Å². The molecule has 5 rings (SSSR count). The first kappa shape index (κ1) is 26.6. The van der Waals surface area contributed by atoms with Gasteiger partial charge in [-0.25, -0.2) is 0 Å². The Bertz CT molecular complexity index is 986. The molecular formula is C30H48O6. The number of rotatable bonds is 1. The predicted octanol–water partition coefficient (Wildman–Crippen LogP) is 4.15. The molecule has 0 aliphatic heterocycles. The number of hydrogen-bond acceptors (Lipinski definition) is 5. The van der Waals surface area contributed by atoms with Crippen LogP contribution < -0.4 is 0 Å². The van der Waals surface area contributed by atoms with Crippen LogP contribution in [0.3, 0.4) is 0 Å². The molecule has 0 spiro atoms. The lowest BCUT2D eigenvalue weighted by atomic mass is 9.32. The molecule has 0 unspecified atom stereocenters. The van der Waals surface area contributed by atoms with Gasteiger partial charge >= 0.3 is 5.97 Å². The summed E-state index contributed by atoms with van der Waals surface area (Å²) in [5, 5.41) is 55.9. The first-order valence-corrected chi connectivity index (χ1v) is 14.1. The fourth-order valence-corrected chi connectivity index (χ4v) is 10.9. The van der Waals surface area contributed by atoms with E-state index in [4.69, 9.17) is 0 Å². The second-order valence-electron chi connectivity index (χ2n) is 14.9. The summed E-state index contributed by atoms with van der Waals surface area (Å²) in [4.78, 5) is 12.8. The molecule has 12 atom stereocenters. The molecule has 5 N–H and O–H groups in total. The Kier molecular flexibility index (Phi) is 5.61. The van der Waals surface area contributed by atoms with Crippen molar-refractivity contribution in [1.29, 1.82) is 0 Å². The van der Waals surface area contributed by atoms with Gasteiger partial charge in [0.1, 0.15) is 6.10 Å². The maximum Gasteiger partial charge on any atom is 0.310 e. The molecule has 6 heteroatoms. The molecular weight excluding hydrogens is 456 g/mol. The van der Waals surface area contributed by atoms with Crippen molar-refractivity contribution >= 4 is 5.97 Å². The van der Waals surface area contributed by atoms with Crippen molar-refractivity contribution in [2.45, 2.75) is 117 Å². The van der Waals surface area contributed by atoms with Crippen LogP contribution in [-0.2, 0) is 4.79 Å². The lowest BCUT2D eigenvalue weighted by Crippen LogP contribution is -2.72. The van der Waals surface area contributed by atoms with Gasteiger partial charge in [-0.3, -0.25) is 4.79 Å². The van der Waals surface area contributed by atoms with Gasteiger partial charge in [0.2, 0.25) is 0 Å². The summed E-state index contributed by atoms with van der Waals surface area (Å²) in [6.45, 7) is 14.7. The summed E-state index contributed by atoms with van der Waals surface area (Å²) in [5.41, 5.74) is -2.63. The van der Waals surface area contributed by atoms with Crippen LogP contribution in [0.4, 0.5) is 0 Å². The van der Waals surface area contributed by atoms with Crippen LogP contribution in [0.5, 0.6) is 0 Å². The Balaban J connectivity index is 1.67. The number of carbonyl (C=O) groups is 1. The molecule has 36 heavy (non-hydrogen) atoms. The van der Waals surface area contributed by atoms with E-state index in [0.29, 0.717) is 25.7 Å². The zero-order valence-electron chi connectivity index (χ0n) is 23.2. The van der Waals surface area contributed by atoms with Gasteiger partial charge in [-0.15, -0.1) is 0 Å². The van der Waals surface area contributed by atoms with Gasteiger partial charge in [0, 0.05) is 11.3 Å². The molecule has 0 aromatic heterocycles. The molecule has 0 bridgehead atoms. The largest absolute Gasteiger partial charge is 0.481 e. The smallest absolute Gasteiger partial charge is 0.310 e. The van der Waals surface area contributed by atoms with Gasteiger partial charge in [0.25, 0.3) is 0 Å². The molecule has 0 aromatic rings. The standard InChI is InChI=1S/C30H48O6/c1-16-10-13-30(24(34)35)15-14-26(4)17(21(30)29(16,7)36)8-9-19-27(26,5)12-11-18-25(2,3)22(32)20(31)23(33)28(18,19)6/h8,16,18-23,31-33,36H,9-15H2,1-7H3,(H,34,35)/t16-,18+,19+,20+,21-,22+,23-,26-,27-,28+,29-,30+/m1/s1. The monoisotopic (exact) mass is 504 g/mol. The summed E-state index contributed by atoms with van der Waals surface area (Å²) in [6, 6.07) is 0. The van der Waals surface area contributed by atoms with E-state index in [1.807, 2.05) is 27.7 Å². The van der Waals surface area contributed by atoms with Gasteiger partial charge in [-0.2, -0.15) is 0 Å². The van der Waals surface area contributed by atoms with E-state index in [9.17, 15) is 30.3 Å². The van der Waals surface area contributed by atoms with E-state index >= 15 is 0 Å². The van der Waals surface area contributed by atoms with Crippen LogP contribution in [-0.4, -0.2) is 55.4 Å². The first-order valence-electron chi connectivity index (χ1n) is 14.1. The van der Waals surface area contributed by atoms with Crippen LogP contribution in [0.15, 0.2) is 11.6 Å². The molecule has 4 fully saturated rings. The number of aliphatic hydroxyl groups excluding tert-OH is 3. The van der Waals surface area contributed by atoms with Crippen LogP contribution >= 0.6 is 0 Å². The molecule has 0 radical (unpaired) electrons. The van der Waals surface area contributed by atoms with Gasteiger partial charge in [0.05, 0.1) is 23.2 Å². The lowest BCUT2D eigenvalue weighted by molar-refractivity contribution is -0.279. The molecule has 5 aliphatic carbocycles. The normalized spacial score (nSPS) is 58.0. The third-order valence-corrected chi connectivity index (χ3v) is 13.6. The molecule has 6 nitrogen and oxygen atoms in total. The Hall–Kier alpha value is -0.950. The summed E-state index contributed by atoms with van der Waals surface area (Å²) in [7, 11) is 0. The van der Waals surface area contributed by atoms with E-state index in [-0.39, 0.29) is 28.6 Å². The minimum Gasteiger partial charge on any atom is -0.481 e. The Morgan fingerprint density at radius 2 is 1.53 bits per heavy atom. The zero-order chi connectivity index (χ0) is 26.9. The molecule has 0 amide bonds. The Labute approximate surface area is 216 Å². The predicted molar refractivity (Wildman–Crippen MR) is 137 cm³/mol. The van der Waals surface area contributed by atoms with E-state index in [2.05, 4.69) is 26.8 Å². The number of carboxylic acid groups (broad SMARTS) is 1. The summed E-state index contributed by atoms with van der Waals surface area (Å²) in [5.74, 6) is -1.10. The first-order chi connectivity index (χ1) is 16.4. The molecule has 4 saturated carbocycles. The fraction of sp³-hybridized carbons (Fsp3) is 0.900. The SMILES string of the molecule is C[C@@H]1CC[C@]2(C(=O)O)CC[C@]3(C)C(=CC[C@@H]4[C@@]5(C)[C@H](O)[C@@H](O)[C@H](O)C(C)(C)[C@@H]5CC[C@]43C)[C@@H]2[C@]1(C)O.